The summed E-state index contributed by atoms with van der Waals surface area (Å²) in [5.41, 5.74) is 0.349. The van der Waals surface area contributed by atoms with E-state index in [1.807, 2.05) is 13.8 Å². The lowest BCUT2D eigenvalue weighted by Crippen LogP contribution is -2.46. The van der Waals surface area contributed by atoms with Crippen LogP contribution in [0.15, 0.2) is 24.3 Å². The van der Waals surface area contributed by atoms with Crippen LogP contribution in [-0.2, 0) is 26.8 Å². The third-order valence-corrected chi connectivity index (χ3v) is 6.17. The first kappa shape index (κ1) is 29.9. The molecule has 0 amide bonds. The van der Waals surface area contributed by atoms with E-state index in [1.54, 1.807) is 26.4 Å². The molecule has 1 aromatic carbocycles. The van der Waals surface area contributed by atoms with Gasteiger partial charge >= 0.3 is 6.18 Å². The van der Waals surface area contributed by atoms with Gasteiger partial charge in [-0.3, -0.25) is 0 Å². The molecule has 1 aromatic rings. The summed E-state index contributed by atoms with van der Waals surface area (Å²) in [4.78, 5) is 0. The van der Waals surface area contributed by atoms with Gasteiger partial charge in [0.05, 0.1) is 11.7 Å². The van der Waals surface area contributed by atoms with Crippen LogP contribution < -0.4 is 0 Å². The van der Waals surface area contributed by atoms with Crippen LogP contribution in [0.1, 0.15) is 103 Å². The fourth-order valence-corrected chi connectivity index (χ4v) is 4.36. The van der Waals surface area contributed by atoms with Crippen molar-refractivity contribution in [3.8, 4) is 0 Å². The maximum Gasteiger partial charge on any atom is 0.416 e. The standard InChI is InChI=1S/C27H45F3O3/c1-6-7-8-9-10-13-16-25(27(31-4,32-5)33-22(2)3)17-14-11-12-15-23-18-20-24(21-19-23)26(28,29)30/h18-22,25H,6-17H2,1-5H3. The molecule has 33 heavy (non-hydrogen) atoms. The SMILES string of the molecule is CCCCCCCCC(CCCCCc1ccc(C(F)(F)F)cc1)C(OC)(OC)OC(C)C. The number of rotatable bonds is 18. The van der Waals surface area contributed by atoms with Gasteiger partial charge in [0, 0.05) is 20.1 Å². The maximum atomic E-state index is 12.7. The number of unbranched alkanes of at least 4 members (excludes halogenated alkanes) is 7. The lowest BCUT2D eigenvalue weighted by molar-refractivity contribution is -0.399. The molecule has 1 unspecified atom stereocenters. The molecule has 192 valence electrons. The fraction of sp³-hybridized carbons (Fsp3) is 0.778. The van der Waals surface area contributed by atoms with Crippen LogP contribution in [-0.4, -0.2) is 26.3 Å². The number of halogens is 3. The molecule has 0 saturated heterocycles. The average molecular weight is 475 g/mol. The number of ether oxygens (including phenoxy) is 3. The van der Waals surface area contributed by atoms with E-state index in [4.69, 9.17) is 14.2 Å². The number of aryl methyl sites for hydroxylation is 1. The predicted octanol–water partition coefficient (Wildman–Crippen LogP) is 8.55. The molecule has 0 heterocycles. The molecule has 0 aliphatic heterocycles. The molecule has 0 N–H and O–H groups in total. The Morgan fingerprint density at radius 2 is 1.27 bits per heavy atom. The van der Waals surface area contributed by atoms with Crippen LogP contribution in [0, 0.1) is 5.92 Å². The molecule has 3 nitrogen and oxygen atoms in total. The minimum Gasteiger partial charge on any atom is -0.331 e. The third-order valence-electron chi connectivity index (χ3n) is 6.17. The third kappa shape index (κ3) is 11.2. The fourth-order valence-electron chi connectivity index (χ4n) is 4.36. The highest BCUT2D eigenvalue weighted by atomic mass is 19.4. The molecule has 0 aromatic heterocycles. The first-order valence-electron chi connectivity index (χ1n) is 12.6. The summed E-state index contributed by atoms with van der Waals surface area (Å²) >= 11 is 0. The summed E-state index contributed by atoms with van der Waals surface area (Å²) in [6.45, 7) is 6.19. The Balaban J connectivity index is 2.58. The van der Waals surface area contributed by atoms with E-state index in [0.29, 0.717) is 0 Å². The molecule has 0 aliphatic carbocycles. The molecular weight excluding hydrogens is 429 g/mol. The van der Waals surface area contributed by atoms with Gasteiger partial charge in [-0.25, -0.2) is 0 Å². The van der Waals surface area contributed by atoms with E-state index >= 15 is 0 Å². The Bertz CT molecular complexity index is 610. The van der Waals surface area contributed by atoms with Crippen molar-refractivity contribution in [3.63, 3.8) is 0 Å². The number of benzene rings is 1. The van der Waals surface area contributed by atoms with Gasteiger partial charge in [0.25, 0.3) is 5.97 Å². The molecule has 0 saturated carbocycles. The van der Waals surface area contributed by atoms with Gasteiger partial charge in [-0.15, -0.1) is 0 Å². The highest BCUT2D eigenvalue weighted by Crippen LogP contribution is 2.34. The normalized spacial score (nSPS) is 13.6. The largest absolute Gasteiger partial charge is 0.416 e. The second kappa shape index (κ2) is 15.7. The Kier molecular flexibility index (Phi) is 14.3. The van der Waals surface area contributed by atoms with Gasteiger partial charge in [-0.05, 0) is 57.2 Å². The molecule has 0 bridgehead atoms. The first-order chi connectivity index (χ1) is 15.7. The number of hydrogen-bond donors (Lipinski definition) is 0. The topological polar surface area (TPSA) is 27.7 Å². The van der Waals surface area contributed by atoms with E-state index in [2.05, 4.69) is 6.92 Å². The van der Waals surface area contributed by atoms with Crippen molar-refractivity contribution in [2.24, 2.45) is 5.92 Å². The molecular formula is C27H45F3O3. The summed E-state index contributed by atoms with van der Waals surface area (Å²) in [6.07, 6.45) is 8.73. The van der Waals surface area contributed by atoms with Crippen LogP contribution in [0.4, 0.5) is 13.2 Å². The van der Waals surface area contributed by atoms with Crippen molar-refractivity contribution in [2.45, 2.75) is 116 Å². The second-order valence-electron chi connectivity index (χ2n) is 9.23. The van der Waals surface area contributed by atoms with E-state index in [9.17, 15) is 13.2 Å². The van der Waals surface area contributed by atoms with Gasteiger partial charge in [-0.1, -0.05) is 70.4 Å². The van der Waals surface area contributed by atoms with E-state index < -0.39 is 17.7 Å². The van der Waals surface area contributed by atoms with Gasteiger partial charge in [0.1, 0.15) is 0 Å². The Morgan fingerprint density at radius 1 is 0.758 bits per heavy atom. The minimum absolute atomic E-state index is 0.0170. The minimum atomic E-state index is -4.28. The average Bonchev–Trinajstić information content (AvgIpc) is 2.77. The lowest BCUT2D eigenvalue weighted by atomic mass is 9.91. The van der Waals surface area contributed by atoms with Crippen molar-refractivity contribution in [1.29, 1.82) is 0 Å². The second-order valence-corrected chi connectivity index (χ2v) is 9.23. The molecule has 0 spiro atoms. The van der Waals surface area contributed by atoms with Crippen LogP contribution in [0.25, 0.3) is 0 Å². The highest BCUT2D eigenvalue weighted by molar-refractivity contribution is 5.24. The Labute approximate surface area is 199 Å². The van der Waals surface area contributed by atoms with Crippen molar-refractivity contribution < 1.29 is 27.4 Å². The summed E-state index contributed by atoms with van der Waals surface area (Å²) in [6, 6.07) is 5.50. The van der Waals surface area contributed by atoms with Crippen LogP contribution >= 0.6 is 0 Å². The molecule has 6 heteroatoms. The molecule has 1 rings (SSSR count). The number of hydrogen-bond acceptors (Lipinski definition) is 3. The molecule has 1 atom stereocenters. The van der Waals surface area contributed by atoms with E-state index in [0.717, 1.165) is 50.5 Å². The van der Waals surface area contributed by atoms with E-state index in [-0.39, 0.29) is 12.0 Å². The summed E-state index contributed by atoms with van der Waals surface area (Å²) in [7, 11) is 3.29. The Hall–Kier alpha value is -1.11. The maximum absolute atomic E-state index is 12.7. The predicted molar refractivity (Wildman–Crippen MR) is 128 cm³/mol. The zero-order valence-corrected chi connectivity index (χ0v) is 21.3. The Morgan fingerprint density at radius 3 is 1.76 bits per heavy atom. The molecule has 0 fully saturated rings. The lowest BCUT2D eigenvalue weighted by Gasteiger charge is -2.39. The summed E-state index contributed by atoms with van der Waals surface area (Å²) < 4.78 is 55.8. The van der Waals surface area contributed by atoms with Crippen LogP contribution in [0.5, 0.6) is 0 Å². The van der Waals surface area contributed by atoms with Gasteiger partial charge < -0.3 is 14.2 Å². The van der Waals surface area contributed by atoms with Crippen molar-refractivity contribution >= 4 is 0 Å². The smallest absolute Gasteiger partial charge is 0.331 e. The first-order valence-corrected chi connectivity index (χ1v) is 12.6. The highest BCUT2D eigenvalue weighted by Gasteiger charge is 2.41. The van der Waals surface area contributed by atoms with Gasteiger partial charge in [0.15, 0.2) is 0 Å². The zero-order valence-electron chi connectivity index (χ0n) is 21.3. The van der Waals surface area contributed by atoms with Crippen molar-refractivity contribution in [3.05, 3.63) is 35.4 Å². The van der Waals surface area contributed by atoms with Crippen molar-refractivity contribution in [2.75, 3.05) is 14.2 Å². The van der Waals surface area contributed by atoms with Crippen LogP contribution in [0.2, 0.25) is 0 Å². The van der Waals surface area contributed by atoms with Crippen LogP contribution in [0.3, 0.4) is 0 Å². The van der Waals surface area contributed by atoms with Crippen molar-refractivity contribution in [1.82, 2.24) is 0 Å². The number of alkyl halides is 3. The quantitative estimate of drug-likeness (QED) is 0.158. The summed E-state index contributed by atoms with van der Waals surface area (Å²) in [5.74, 6) is -0.905. The van der Waals surface area contributed by atoms with Gasteiger partial charge in [0.2, 0.25) is 0 Å². The number of methoxy groups -OCH3 is 2. The molecule has 0 radical (unpaired) electrons. The van der Waals surface area contributed by atoms with Gasteiger partial charge in [-0.2, -0.15) is 13.2 Å². The monoisotopic (exact) mass is 474 g/mol. The molecule has 0 aliphatic rings. The zero-order chi connectivity index (χ0) is 24.7. The summed E-state index contributed by atoms with van der Waals surface area (Å²) in [5, 5.41) is 0. The van der Waals surface area contributed by atoms with E-state index in [1.165, 1.54) is 44.2 Å².